The average Bonchev–Trinajstić information content (AvgIpc) is 3.18. The number of nitrogens with zero attached hydrogens (tertiary/aromatic N) is 2. The molecule has 10 nitrogen and oxygen atoms in total. The fourth-order valence-electron chi connectivity index (χ4n) is 3.22. The predicted octanol–water partition coefficient (Wildman–Crippen LogP) is 3.58. The van der Waals surface area contributed by atoms with E-state index in [4.69, 9.17) is 4.74 Å². The number of benzene rings is 2. The highest BCUT2D eigenvalue weighted by atomic mass is 32.2. The Bertz CT molecular complexity index is 1330. The lowest BCUT2D eigenvalue weighted by atomic mass is 10.2. The number of aryl methyl sites for hydroxylation is 1. The van der Waals surface area contributed by atoms with E-state index in [2.05, 4.69) is 19.8 Å². The second-order valence-electron chi connectivity index (χ2n) is 7.44. The van der Waals surface area contributed by atoms with Crippen LogP contribution in [0.3, 0.4) is 0 Å². The van der Waals surface area contributed by atoms with Crippen molar-refractivity contribution in [1.82, 2.24) is 9.55 Å². The van der Waals surface area contributed by atoms with Gasteiger partial charge in [-0.25, -0.2) is 13.4 Å². The van der Waals surface area contributed by atoms with Gasteiger partial charge in [-0.15, -0.1) is 13.2 Å². The summed E-state index contributed by atoms with van der Waals surface area (Å²) in [4.78, 5) is 16.1. The second-order valence-corrected chi connectivity index (χ2v) is 9.09. The van der Waals surface area contributed by atoms with Gasteiger partial charge in [0.25, 0.3) is 10.0 Å². The summed E-state index contributed by atoms with van der Waals surface area (Å²) in [6, 6.07) is 8.13. The van der Waals surface area contributed by atoms with E-state index in [9.17, 15) is 31.5 Å². The van der Waals surface area contributed by atoms with Crippen LogP contribution in [-0.4, -0.2) is 42.0 Å². The number of halogens is 3. The number of anilines is 2. The molecule has 14 heteroatoms. The zero-order chi connectivity index (χ0) is 26.5. The van der Waals surface area contributed by atoms with E-state index in [-0.39, 0.29) is 35.0 Å². The maximum atomic E-state index is 13.0. The van der Waals surface area contributed by atoms with Gasteiger partial charge in [-0.1, -0.05) is 6.07 Å². The van der Waals surface area contributed by atoms with E-state index >= 15 is 0 Å². The van der Waals surface area contributed by atoms with Crippen molar-refractivity contribution >= 4 is 27.3 Å². The van der Waals surface area contributed by atoms with Gasteiger partial charge in [-0.05, 0) is 31.2 Å². The third-order valence-electron chi connectivity index (χ3n) is 4.67. The van der Waals surface area contributed by atoms with E-state index in [1.165, 1.54) is 36.5 Å². The smallest absolute Gasteiger partial charge is 0.492 e. The molecule has 0 saturated carbocycles. The van der Waals surface area contributed by atoms with Crippen molar-refractivity contribution in [3.8, 4) is 11.5 Å². The van der Waals surface area contributed by atoms with E-state index in [1.807, 2.05) is 0 Å². The molecule has 1 atom stereocenters. The first-order chi connectivity index (χ1) is 16.9. The molecule has 0 bridgehead atoms. The highest BCUT2D eigenvalue weighted by Crippen LogP contribution is 2.31. The highest BCUT2D eigenvalue weighted by Gasteiger charge is 2.31. The lowest BCUT2D eigenvalue weighted by molar-refractivity contribution is -0.274. The van der Waals surface area contributed by atoms with Crippen molar-refractivity contribution in [3.63, 3.8) is 0 Å². The van der Waals surface area contributed by atoms with Crippen LogP contribution in [0.2, 0.25) is 0 Å². The lowest BCUT2D eigenvalue weighted by Gasteiger charge is -2.16. The molecule has 0 saturated heterocycles. The predicted molar refractivity (Wildman–Crippen MR) is 123 cm³/mol. The zero-order valence-electron chi connectivity index (χ0n) is 19.1. The van der Waals surface area contributed by atoms with Gasteiger partial charge < -0.3 is 24.5 Å². The topological polar surface area (TPSA) is 132 Å². The molecule has 3 rings (SSSR count). The summed E-state index contributed by atoms with van der Waals surface area (Å²) in [5, 5.41) is 12.8. The van der Waals surface area contributed by atoms with Crippen LogP contribution in [0.4, 0.5) is 24.5 Å². The molecular weight excluding hydrogens is 505 g/mol. The van der Waals surface area contributed by atoms with Gasteiger partial charge in [0.05, 0.1) is 18.7 Å². The molecule has 36 heavy (non-hydrogen) atoms. The Hall–Kier alpha value is -3.78. The quantitative estimate of drug-likeness (QED) is 0.367. The maximum Gasteiger partial charge on any atom is 0.573 e. The zero-order valence-corrected chi connectivity index (χ0v) is 19.9. The summed E-state index contributed by atoms with van der Waals surface area (Å²) in [5.74, 6) is -0.950. The van der Waals surface area contributed by atoms with Crippen molar-refractivity contribution in [1.29, 1.82) is 0 Å². The van der Waals surface area contributed by atoms with Gasteiger partial charge in [0, 0.05) is 37.3 Å². The van der Waals surface area contributed by atoms with Crippen LogP contribution in [0.25, 0.3) is 0 Å². The van der Waals surface area contributed by atoms with Crippen LogP contribution >= 0.6 is 0 Å². The van der Waals surface area contributed by atoms with Crippen LogP contribution in [0.5, 0.6) is 11.5 Å². The normalized spacial score (nSPS) is 12.6. The van der Waals surface area contributed by atoms with Crippen LogP contribution in [0, 0.1) is 0 Å². The van der Waals surface area contributed by atoms with E-state index in [0.717, 1.165) is 12.1 Å². The number of alkyl halides is 3. The fourth-order valence-corrected chi connectivity index (χ4v) is 4.40. The van der Waals surface area contributed by atoms with Gasteiger partial charge in [0.15, 0.2) is 0 Å². The maximum absolute atomic E-state index is 13.0. The summed E-state index contributed by atoms with van der Waals surface area (Å²) in [6.07, 6.45) is -3.28. The van der Waals surface area contributed by atoms with Crippen LogP contribution < -0.4 is 19.5 Å². The van der Waals surface area contributed by atoms with E-state index in [1.54, 1.807) is 24.7 Å². The largest absolute Gasteiger partial charge is 0.573 e. The van der Waals surface area contributed by atoms with Crippen molar-refractivity contribution in [2.24, 2.45) is 7.05 Å². The number of sulfonamides is 1. The summed E-state index contributed by atoms with van der Waals surface area (Å²) in [5.41, 5.74) is 0.0369. The van der Waals surface area contributed by atoms with Crippen molar-refractivity contribution < 1.29 is 41.0 Å². The number of aliphatic hydroxyl groups is 1. The molecule has 194 valence electrons. The number of rotatable bonds is 10. The summed E-state index contributed by atoms with van der Waals surface area (Å²) in [7, 11) is -2.63. The van der Waals surface area contributed by atoms with Gasteiger partial charge >= 0.3 is 6.36 Å². The van der Waals surface area contributed by atoms with Gasteiger partial charge in [0.1, 0.15) is 28.3 Å². The number of aromatic nitrogens is 2. The van der Waals surface area contributed by atoms with Crippen molar-refractivity contribution in [2.45, 2.75) is 30.7 Å². The van der Waals surface area contributed by atoms with E-state index in [0.29, 0.717) is 5.82 Å². The molecular formula is C22H23F3N4O6S. The number of hydrogen-bond acceptors (Lipinski definition) is 7. The summed E-state index contributed by atoms with van der Waals surface area (Å²) >= 11 is 0. The first-order valence-corrected chi connectivity index (χ1v) is 12.0. The van der Waals surface area contributed by atoms with Crippen LogP contribution in [-0.2, 0) is 21.9 Å². The Morgan fingerprint density at radius 3 is 2.58 bits per heavy atom. The molecule has 0 fully saturated rings. The average molecular weight is 529 g/mol. The summed E-state index contributed by atoms with van der Waals surface area (Å²) < 4.78 is 76.3. The molecule has 3 N–H and O–H groups in total. The molecule has 1 aromatic heterocycles. The fraction of sp³-hybridized carbons (Fsp3) is 0.273. The van der Waals surface area contributed by atoms with Crippen LogP contribution in [0.1, 0.15) is 25.3 Å². The minimum atomic E-state index is -4.94. The Labute approximate surface area is 204 Å². The van der Waals surface area contributed by atoms with Crippen molar-refractivity contribution in [3.05, 3.63) is 60.7 Å². The standard InChI is InChI=1S/C22H23F3N4O6S/c1-3-34-18-12-14(27-20(31)13-17(30)21-26-9-10-29(21)2)7-8-19(18)36(32,33)28-15-5-4-6-16(11-15)35-22(23,24)25/h4-12,17,28,30H,3,13H2,1-2H3,(H,27,31). The van der Waals surface area contributed by atoms with E-state index < -0.39 is 34.1 Å². The first kappa shape index (κ1) is 26.8. The number of amides is 1. The van der Waals surface area contributed by atoms with Crippen LogP contribution in [0.15, 0.2) is 59.8 Å². The molecule has 1 unspecified atom stereocenters. The molecule has 0 aliphatic heterocycles. The molecule has 0 spiro atoms. The Kier molecular flexibility index (Phi) is 8.10. The molecule has 1 heterocycles. The molecule has 3 aromatic rings. The first-order valence-electron chi connectivity index (χ1n) is 10.5. The Morgan fingerprint density at radius 1 is 1.19 bits per heavy atom. The number of ether oxygens (including phenoxy) is 2. The number of carbonyl (C=O) groups excluding carboxylic acids is 1. The molecule has 0 aliphatic rings. The number of imidazole rings is 1. The number of carbonyl (C=O) groups is 1. The summed E-state index contributed by atoms with van der Waals surface area (Å²) in [6.45, 7) is 1.71. The third kappa shape index (κ3) is 7.11. The Morgan fingerprint density at radius 2 is 1.94 bits per heavy atom. The molecule has 2 aromatic carbocycles. The SMILES string of the molecule is CCOc1cc(NC(=O)CC(O)c2nccn2C)ccc1S(=O)(=O)Nc1cccc(OC(F)(F)F)c1. The third-order valence-corrected chi connectivity index (χ3v) is 6.09. The lowest BCUT2D eigenvalue weighted by Crippen LogP contribution is -2.18. The number of nitrogens with one attached hydrogen (secondary N) is 2. The van der Waals surface area contributed by atoms with Gasteiger partial charge in [0.2, 0.25) is 5.91 Å². The minimum Gasteiger partial charge on any atom is -0.492 e. The second kappa shape index (κ2) is 10.9. The van der Waals surface area contributed by atoms with Gasteiger partial charge in [-0.3, -0.25) is 9.52 Å². The molecule has 1 amide bonds. The molecule has 0 radical (unpaired) electrons. The monoisotopic (exact) mass is 528 g/mol. The number of hydrogen-bond donors (Lipinski definition) is 3. The minimum absolute atomic E-state index is 0.0900. The molecule has 0 aliphatic carbocycles. The Balaban J connectivity index is 1.77. The number of aliphatic hydroxyl groups excluding tert-OH is 1. The van der Waals surface area contributed by atoms with Gasteiger partial charge in [-0.2, -0.15) is 0 Å². The van der Waals surface area contributed by atoms with Crippen molar-refractivity contribution in [2.75, 3.05) is 16.6 Å². The highest BCUT2D eigenvalue weighted by molar-refractivity contribution is 7.92.